The molecule has 4 rings (SSSR count). The van der Waals surface area contributed by atoms with Crippen LogP contribution in [0.25, 0.3) is 16.6 Å². The van der Waals surface area contributed by atoms with Crippen molar-refractivity contribution in [2.24, 2.45) is 16.6 Å². The van der Waals surface area contributed by atoms with Crippen LogP contribution >= 0.6 is 0 Å². The molecule has 0 bridgehead atoms. The second kappa shape index (κ2) is 7.87. The van der Waals surface area contributed by atoms with E-state index < -0.39 is 0 Å². The molecule has 0 saturated heterocycles. The predicted molar refractivity (Wildman–Crippen MR) is 114 cm³/mol. The Morgan fingerprint density at radius 3 is 2.41 bits per heavy atom. The Morgan fingerprint density at radius 1 is 1.14 bits per heavy atom. The maximum atomic E-state index is 11.0. The van der Waals surface area contributed by atoms with Crippen molar-refractivity contribution in [2.75, 3.05) is 14.2 Å². The van der Waals surface area contributed by atoms with Crippen LogP contribution in [0.3, 0.4) is 0 Å². The maximum Gasteiger partial charge on any atom is 0.145 e. The van der Waals surface area contributed by atoms with E-state index in [1.807, 2.05) is 24.3 Å². The number of imidazole rings is 1. The van der Waals surface area contributed by atoms with Gasteiger partial charge >= 0.3 is 0 Å². The zero-order valence-electron chi connectivity index (χ0n) is 16.5. The highest BCUT2D eigenvalue weighted by molar-refractivity contribution is 6.22. The van der Waals surface area contributed by atoms with E-state index in [0.29, 0.717) is 28.6 Å². The van der Waals surface area contributed by atoms with Crippen LogP contribution in [-0.2, 0) is 0 Å². The number of H-pyrrole nitrogens is 1. The van der Waals surface area contributed by atoms with E-state index in [0.717, 1.165) is 30.3 Å². The first kappa shape index (κ1) is 18.9. The molecule has 0 spiro atoms. The van der Waals surface area contributed by atoms with Crippen LogP contribution in [0, 0.1) is 5.92 Å². The Bertz CT molecular complexity index is 1040. The van der Waals surface area contributed by atoms with Crippen LogP contribution in [0.5, 0.6) is 11.5 Å². The highest BCUT2D eigenvalue weighted by Crippen LogP contribution is 2.36. The van der Waals surface area contributed by atoms with Gasteiger partial charge < -0.3 is 25.3 Å². The molecule has 0 amide bonds. The number of fused-ring (bicyclic) bond motifs is 1. The summed E-state index contributed by atoms with van der Waals surface area (Å²) >= 11 is 0. The van der Waals surface area contributed by atoms with Crippen molar-refractivity contribution < 1.29 is 14.6 Å². The molecule has 7 heteroatoms. The third-order valence-corrected chi connectivity index (χ3v) is 5.22. The number of nitrogens with two attached hydrogens (primary N) is 1. The van der Waals surface area contributed by atoms with Crippen molar-refractivity contribution >= 4 is 28.1 Å². The average Bonchev–Trinajstić information content (AvgIpc) is 3.09. The molecule has 1 aliphatic carbocycles. The Kier molecular flexibility index (Phi) is 5.12. The van der Waals surface area contributed by atoms with Gasteiger partial charge in [0.05, 0.1) is 36.5 Å². The first-order valence-electron chi connectivity index (χ1n) is 9.55. The minimum atomic E-state index is 0.0757. The maximum absolute atomic E-state index is 11.0. The number of amidine groups is 1. The van der Waals surface area contributed by atoms with Gasteiger partial charge in [-0.15, -0.1) is 0 Å². The summed E-state index contributed by atoms with van der Waals surface area (Å²) in [6.07, 6.45) is 2.94. The number of allylic oxidation sites excluding steroid dienone is 1. The largest absolute Gasteiger partial charge is 0.511 e. The number of ether oxygens (including phenoxy) is 2. The number of aliphatic hydroxyl groups is 1. The fourth-order valence-corrected chi connectivity index (χ4v) is 3.38. The summed E-state index contributed by atoms with van der Waals surface area (Å²) in [5, 5.41) is 11.0. The van der Waals surface area contributed by atoms with Gasteiger partial charge in [-0.1, -0.05) is 18.6 Å². The molecule has 1 saturated carbocycles. The molecule has 150 valence electrons. The van der Waals surface area contributed by atoms with E-state index in [1.54, 1.807) is 32.4 Å². The van der Waals surface area contributed by atoms with Crippen molar-refractivity contribution in [3.63, 3.8) is 0 Å². The summed E-state index contributed by atoms with van der Waals surface area (Å²) < 4.78 is 10.6. The molecule has 29 heavy (non-hydrogen) atoms. The second-order valence-corrected chi connectivity index (χ2v) is 7.06. The molecule has 3 aromatic rings. The molecule has 7 nitrogen and oxygen atoms in total. The second-order valence-electron chi connectivity index (χ2n) is 7.06. The highest BCUT2D eigenvalue weighted by atomic mass is 16.5. The van der Waals surface area contributed by atoms with Gasteiger partial charge in [0.1, 0.15) is 28.9 Å². The lowest BCUT2D eigenvalue weighted by Crippen LogP contribution is -2.22. The summed E-state index contributed by atoms with van der Waals surface area (Å²) in [7, 11) is 3.15. The smallest absolute Gasteiger partial charge is 0.145 e. The fourth-order valence-electron chi connectivity index (χ4n) is 3.38. The number of nitrogens with zero attached hydrogens (tertiary/aromatic N) is 2. The van der Waals surface area contributed by atoms with Gasteiger partial charge in [-0.3, -0.25) is 0 Å². The van der Waals surface area contributed by atoms with Crippen LogP contribution in [0.2, 0.25) is 0 Å². The van der Waals surface area contributed by atoms with E-state index in [2.05, 4.69) is 15.0 Å². The minimum Gasteiger partial charge on any atom is -0.511 e. The number of hydrogen-bond acceptors (Lipinski definition) is 5. The molecule has 0 radical (unpaired) electrons. The van der Waals surface area contributed by atoms with Gasteiger partial charge in [-0.05, 0) is 25.0 Å². The van der Waals surface area contributed by atoms with Gasteiger partial charge in [-0.2, -0.15) is 0 Å². The molecule has 1 aromatic heterocycles. The lowest BCUT2D eigenvalue weighted by atomic mass is 9.82. The zero-order chi connectivity index (χ0) is 20.4. The van der Waals surface area contributed by atoms with E-state index in [-0.39, 0.29) is 17.5 Å². The van der Waals surface area contributed by atoms with Gasteiger partial charge in [0, 0.05) is 24.1 Å². The SMILES string of the molecule is COc1cc(N=C(N)/C(=C(/O)C2CCC2)c2nc3ccccc3[nH]2)cc(OC)c1. The van der Waals surface area contributed by atoms with Crippen LogP contribution < -0.4 is 15.2 Å². The molecule has 0 unspecified atom stereocenters. The van der Waals surface area contributed by atoms with Crippen LogP contribution in [0.4, 0.5) is 5.69 Å². The number of nitrogens with one attached hydrogen (secondary N) is 1. The van der Waals surface area contributed by atoms with Crippen molar-refractivity contribution in [3.05, 3.63) is 54.0 Å². The number of hydrogen-bond donors (Lipinski definition) is 3. The quantitative estimate of drug-likeness (QED) is 0.329. The number of aliphatic imine (C=N–C) groups is 1. The van der Waals surface area contributed by atoms with Gasteiger partial charge in [0.2, 0.25) is 0 Å². The first-order valence-corrected chi connectivity index (χ1v) is 9.55. The number of benzene rings is 2. The van der Waals surface area contributed by atoms with Crippen molar-refractivity contribution in [1.82, 2.24) is 9.97 Å². The third kappa shape index (κ3) is 3.76. The molecule has 1 fully saturated rings. The lowest BCUT2D eigenvalue weighted by molar-refractivity contribution is 0.249. The minimum absolute atomic E-state index is 0.0757. The molecule has 0 aliphatic heterocycles. The van der Waals surface area contributed by atoms with Crippen molar-refractivity contribution in [1.29, 1.82) is 0 Å². The molecule has 1 heterocycles. The van der Waals surface area contributed by atoms with Gasteiger partial charge in [0.15, 0.2) is 0 Å². The number of methoxy groups -OCH3 is 2. The third-order valence-electron chi connectivity index (χ3n) is 5.22. The predicted octanol–water partition coefficient (Wildman–Crippen LogP) is 4.34. The summed E-state index contributed by atoms with van der Waals surface area (Å²) in [4.78, 5) is 12.4. The van der Waals surface area contributed by atoms with Crippen LogP contribution in [0.15, 0.2) is 53.2 Å². The normalized spacial score (nSPS) is 15.7. The number of para-hydroxylation sites is 2. The van der Waals surface area contributed by atoms with Crippen LogP contribution in [-0.4, -0.2) is 35.1 Å². The Hall–Kier alpha value is -3.48. The molecule has 4 N–H and O–H groups in total. The summed E-state index contributed by atoms with van der Waals surface area (Å²) in [5.41, 5.74) is 9.07. The monoisotopic (exact) mass is 392 g/mol. The Morgan fingerprint density at radius 2 is 1.83 bits per heavy atom. The van der Waals surface area contributed by atoms with Crippen molar-refractivity contribution in [3.8, 4) is 11.5 Å². The highest BCUT2D eigenvalue weighted by Gasteiger charge is 2.28. The average molecular weight is 392 g/mol. The number of aromatic nitrogens is 2. The molecule has 0 atom stereocenters. The number of aliphatic hydroxyl groups excluding tert-OH is 1. The van der Waals surface area contributed by atoms with E-state index in [9.17, 15) is 5.11 Å². The topological polar surface area (TPSA) is 106 Å². The summed E-state index contributed by atoms with van der Waals surface area (Å²) in [6, 6.07) is 13.0. The summed E-state index contributed by atoms with van der Waals surface area (Å²) in [5.74, 6) is 2.20. The van der Waals surface area contributed by atoms with E-state index in [1.165, 1.54) is 0 Å². The fraction of sp³-hybridized carbons (Fsp3) is 0.273. The van der Waals surface area contributed by atoms with Crippen molar-refractivity contribution in [2.45, 2.75) is 19.3 Å². The van der Waals surface area contributed by atoms with Gasteiger partial charge in [-0.25, -0.2) is 9.98 Å². The standard InChI is InChI=1S/C22H24N4O3/c1-28-15-10-14(11-16(12-15)29-2)24-21(23)19(20(27)13-6-5-7-13)22-25-17-8-3-4-9-18(17)26-22/h3-4,8-13,27H,5-7H2,1-2H3,(H2,23,24)(H,25,26)/b20-19-. The molecule has 2 aromatic carbocycles. The molecule has 1 aliphatic rings. The number of aromatic amines is 1. The molecular formula is C22H24N4O3. The van der Waals surface area contributed by atoms with Crippen LogP contribution in [0.1, 0.15) is 25.1 Å². The van der Waals surface area contributed by atoms with E-state index in [4.69, 9.17) is 15.2 Å². The lowest BCUT2D eigenvalue weighted by Gasteiger charge is -2.26. The van der Waals surface area contributed by atoms with Gasteiger partial charge in [0.25, 0.3) is 0 Å². The molecular weight excluding hydrogens is 368 g/mol. The van der Waals surface area contributed by atoms with E-state index >= 15 is 0 Å². The zero-order valence-corrected chi connectivity index (χ0v) is 16.5. The number of rotatable bonds is 6. The first-order chi connectivity index (χ1) is 14.1. The Balaban J connectivity index is 1.82. The summed E-state index contributed by atoms with van der Waals surface area (Å²) in [6.45, 7) is 0. The Labute approximate surface area is 168 Å².